The molecule has 5 heterocycles. The van der Waals surface area contributed by atoms with E-state index in [1.54, 1.807) is 11.9 Å². The first-order valence-electron chi connectivity index (χ1n) is 15.3. The fraction of sp³-hybridized carbons (Fsp3) is 0.469. The highest BCUT2D eigenvalue weighted by Gasteiger charge is 2.49. The summed E-state index contributed by atoms with van der Waals surface area (Å²) in [5.41, 5.74) is 2.05. The fourth-order valence-electron chi connectivity index (χ4n) is 7.37. The molecule has 3 aliphatic rings. The van der Waals surface area contributed by atoms with Gasteiger partial charge in [0.05, 0.1) is 34.0 Å². The van der Waals surface area contributed by atoms with Crippen molar-refractivity contribution in [2.24, 2.45) is 0 Å². The van der Waals surface area contributed by atoms with Crippen molar-refractivity contribution in [2.45, 2.75) is 56.0 Å². The number of thiophene rings is 1. The molecular weight excluding hydrogens is 646 g/mol. The number of hydrogen-bond acceptors (Lipinski definition) is 9. The maximum atomic E-state index is 16.9. The Morgan fingerprint density at radius 1 is 1.26 bits per heavy atom. The minimum atomic E-state index is -5.07. The Labute approximate surface area is 269 Å². The number of hydrogen-bond donors (Lipinski definition) is 1. The van der Waals surface area contributed by atoms with E-state index < -0.39 is 46.2 Å². The van der Waals surface area contributed by atoms with Crippen LogP contribution in [-0.2, 0) is 10.9 Å². The average molecular weight is 677 g/mol. The maximum Gasteiger partial charge on any atom is 0.417 e. The zero-order chi connectivity index (χ0) is 33.2. The number of halogens is 6. The SMILES string of the molecule is CN(c1nc(OCC23CCCN2CC(F)C3)nc2c(F)c(-c3ccc(F)c4sc(N)c(C#N)c34)c(C(F)(F)F)cc12)C1CCCOC1. The Morgan fingerprint density at radius 2 is 2.06 bits per heavy atom. The first kappa shape index (κ1) is 31.7. The third kappa shape index (κ3) is 5.30. The molecule has 0 radical (unpaired) electrons. The van der Waals surface area contributed by atoms with E-state index in [-0.39, 0.29) is 75.6 Å². The molecule has 3 atom stereocenters. The van der Waals surface area contributed by atoms with Gasteiger partial charge >= 0.3 is 12.2 Å². The molecule has 3 unspecified atom stereocenters. The second-order valence-corrected chi connectivity index (χ2v) is 13.5. The van der Waals surface area contributed by atoms with Crippen molar-refractivity contribution in [3.8, 4) is 23.2 Å². The minimum absolute atomic E-state index is 0.00811. The summed E-state index contributed by atoms with van der Waals surface area (Å²) in [4.78, 5) is 12.5. The Kier molecular flexibility index (Phi) is 7.88. The van der Waals surface area contributed by atoms with Crippen LogP contribution in [0.3, 0.4) is 0 Å². The third-order valence-electron chi connectivity index (χ3n) is 9.64. The fourth-order valence-corrected chi connectivity index (χ4v) is 8.32. The van der Waals surface area contributed by atoms with Gasteiger partial charge in [0.25, 0.3) is 0 Å². The number of aromatic nitrogens is 2. The number of nitriles is 1. The van der Waals surface area contributed by atoms with Crippen LogP contribution in [-0.4, -0.2) is 72.6 Å². The smallest absolute Gasteiger partial charge is 0.417 e. The van der Waals surface area contributed by atoms with Gasteiger partial charge in [-0.15, -0.1) is 11.3 Å². The van der Waals surface area contributed by atoms with Gasteiger partial charge in [-0.2, -0.15) is 28.4 Å². The molecule has 3 aliphatic heterocycles. The van der Waals surface area contributed by atoms with Gasteiger partial charge in [0.2, 0.25) is 0 Å². The number of anilines is 2. The average Bonchev–Trinajstić information content (AvgIpc) is 3.69. The molecule has 2 aromatic carbocycles. The third-order valence-corrected chi connectivity index (χ3v) is 10.7. The lowest BCUT2D eigenvalue weighted by Crippen LogP contribution is -2.43. The van der Waals surface area contributed by atoms with Crippen molar-refractivity contribution in [3.63, 3.8) is 0 Å². The number of fused-ring (bicyclic) bond motifs is 3. The molecule has 4 aromatic rings. The van der Waals surface area contributed by atoms with Crippen LogP contribution in [0.15, 0.2) is 18.2 Å². The van der Waals surface area contributed by atoms with Gasteiger partial charge in [-0.1, -0.05) is 6.07 Å². The monoisotopic (exact) mass is 676 g/mol. The molecule has 2 aromatic heterocycles. The number of nitrogens with two attached hydrogens (primary N) is 1. The molecule has 0 bridgehead atoms. The highest BCUT2D eigenvalue weighted by molar-refractivity contribution is 7.23. The van der Waals surface area contributed by atoms with E-state index >= 15 is 4.39 Å². The summed E-state index contributed by atoms with van der Waals surface area (Å²) in [6.07, 6.45) is -2.94. The number of alkyl halides is 4. The summed E-state index contributed by atoms with van der Waals surface area (Å²) in [6, 6.07) is 3.99. The van der Waals surface area contributed by atoms with Crippen molar-refractivity contribution in [2.75, 3.05) is 50.6 Å². The Bertz CT molecular complexity index is 1920. The van der Waals surface area contributed by atoms with Crippen LogP contribution in [0.1, 0.15) is 43.2 Å². The lowest BCUT2D eigenvalue weighted by Gasteiger charge is -2.33. The van der Waals surface area contributed by atoms with Gasteiger partial charge in [-0.25, -0.2) is 13.2 Å². The second-order valence-electron chi connectivity index (χ2n) is 12.4. The van der Waals surface area contributed by atoms with Gasteiger partial charge in [0, 0.05) is 43.0 Å². The Balaban J connectivity index is 1.45. The number of likely N-dealkylation sites (N-methyl/N-ethyl adjacent to an activating group) is 1. The Hall–Kier alpha value is -3.87. The van der Waals surface area contributed by atoms with Gasteiger partial charge in [0.15, 0.2) is 5.82 Å². The minimum Gasteiger partial charge on any atom is -0.461 e. The van der Waals surface area contributed by atoms with E-state index in [1.165, 1.54) is 0 Å². The summed E-state index contributed by atoms with van der Waals surface area (Å²) in [5, 5.41) is 9.24. The molecule has 3 saturated heterocycles. The molecule has 8 nitrogen and oxygen atoms in total. The largest absolute Gasteiger partial charge is 0.461 e. The van der Waals surface area contributed by atoms with Crippen LogP contribution in [0.25, 0.3) is 32.1 Å². The number of nitrogen functional groups attached to an aromatic ring is 1. The normalized spacial score (nSPS) is 23.4. The number of benzene rings is 2. The molecule has 3 fully saturated rings. The van der Waals surface area contributed by atoms with Gasteiger partial charge in [0.1, 0.15) is 41.0 Å². The predicted octanol–water partition coefficient (Wildman–Crippen LogP) is 6.83. The molecule has 15 heteroatoms. The van der Waals surface area contributed by atoms with Crippen molar-refractivity contribution < 1.29 is 35.8 Å². The van der Waals surface area contributed by atoms with E-state index in [9.17, 15) is 27.2 Å². The Morgan fingerprint density at radius 3 is 2.79 bits per heavy atom. The molecule has 0 spiro atoms. The number of ether oxygens (including phenoxy) is 2. The summed E-state index contributed by atoms with van der Waals surface area (Å²) < 4.78 is 102. The second kappa shape index (κ2) is 11.7. The zero-order valence-electron chi connectivity index (χ0n) is 25.3. The lowest BCUT2D eigenvalue weighted by atomic mass is 9.92. The van der Waals surface area contributed by atoms with Crippen LogP contribution in [0.2, 0.25) is 0 Å². The van der Waals surface area contributed by atoms with Gasteiger partial charge in [-0.3, -0.25) is 4.90 Å². The highest BCUT2D eigenvalue weighted by Crippen LogP contribution is 2.48. The first-order valence-corrected chi connectivity index (χ1v) is 16.1. The molecule has 0 saturated carbocycles. The molecule has 7 rings (SSSR count). The van der Waals surface area contributed by atoms with Crippen molar-refractivity contribution in [1.29, 1.82) is 5.26 Å². The van der Waals surface area contributed by atoms with Crippen molar-refractivity contribution >= 4 is 43.1 Å². The van der Waals surface area contributed by atoms with Crippen LogP contribution >= 0.6 is 11.3 Å². The van der Waals surface area contributed by atoms with Crippen LogP contribution < -0.4 is 15.4 Å². The van der Waals surface area contributed by atoms with E-state index in [1.807, 2.05) is 11.0 Å². The van der Waals surface area contributed by atoms with E-state index in [2.05, 4.69) is 9.97 Å². The molecule has 0 aliphatic carbocycles. The lowest BCUT2D eigenvalue weighted by molar-refractivity contribution is -0.137. The van der Waals surface area contributed by atoms with Crippen molar-refractivity contribution in [1.82, 2.24) is 14.9 Å². The van der Waals surface area contributed by atoms with Crippen LogP contribution in [0, 0.1) is 23.0 Å². The first-order chi connectivity index (χ1) is 22.4. The molecule has 248 valence electrons. The van der Waals surface area contributed by atoms with Gasteiger partial charge < -0.3 is 20.1 Å². The zero-order valence-corrected chi connectivity index (χ0v) is 26.1. The number of rotatable bonds is 6. The van der Waals surface area contributed by atoms with Gasteiger partial charge in [-0.05, 0) is 49.9 Å². The summed E-state index contributed by atoms with van der Waals surface area (Å²) in [7, 11) is 1.64. The number of nitrogens with zero attached hydrogens (tertiary/aromatic N) is 5. The highest BCUT2D eigenvalue weighted by atomic mass is 32.1. The van der Waals surface area contributed by atoms with E-state index in [0.717, 1.165) is 24.6 Å². The molecule has 0 amide bonds. The maximum absolute atomic E-state index is 16.9. The summed E-state index contributed by atoms with van der Waals surface area (Å²) in [5.74, 6) is -2.15. The quantitative estimate of drug-likeness (QED) is 0.222. The topological polar surface area (TPSA) is 101 Å². The van der Waals surface area contributed by atoms with Crippen LogP contribution in [0.4, 0.5) is 37.2 Å². The van der Waals surface area contributed by atoms with Crippen molar-refractivity contribution in [3.05, 3.63) is 41.0 Å². The molecule has 2 N–H and O–H groups in total. The van der Waals surface area contributed by atoms with Crippen LogP contribution in [0.5, 0.6) is 6.01 Å². The summed E-state index contributed by atoms with van der Waals surface area (Å²) in [6.45, 7) is 1.82. The standard InChI is InChI=1S/C32H30F6N6O2S/c1-43(17-4-2-9-45-14-17)29-19-10-21(32(36,37)38)24(18-5-6-22(34)27-23(18)20(12-39)28(40)47-27)25(35)26(19)41-30(42-29)46-15-31-7-3-8-44(31)13-16(33)11-31/h5-6,10,16-17H,2-4,7-9,11,13-15,40H2,1H3. The summed E-state index contributed by atoms with van der Waals surface area (Å²) >= 11 is 0.694. The predicted molar refractivity (Wildman–Crippen MR) is 165 cm³/mol. The van der Waals surface area contributed by atoms with E-state index in [4.69, 9.17) is 15.2 Å². The van der Waals surface area contributed by atoms with E-state index in [0.29, 0.717) is 43.8 Å². The molecule has 47 heavy (non-hydrogen) atoms. The molecular formula is C32H30F6N6O2S.